The third kappa shape index (κ3) is 4.28. The average molecular weight is 328 g/mol. The van der Waals surface area contributed by atoms with Crippen molar-refractivity contribution in [3.8, 4) is 0 Å². The second-order valence-corrected chi connectivity index (χ2v) is 5.46. The van der Waals surface area contributed by atoms with Crippen LogP contribution in [0.2, 0.25) is 0 Å². The van der Waals surface area contributed by atoms with Crippen LogP contribution in [0.15, 0.2) is 24.5 Å². The molecule has 4 N–H and O–H groups in total. The maximum absolute atomic E-state index is 11.5. The van der Waals surface area contributed by atoms with Gasteiger partial charge < -0.3 is 21.3 Å². The molecule has 1 amide bonds. The van der Waals surface area contributed by atoms with Crippen LogP contribution in [-0.4, -0.2) is 50.4 Å². The van der Waals surface area contributed by atoms with Crippen LogP contribution in [0.5, 0.6) is 0 Å². The number of nitrogens with zero attached hydrogens (tertiary/aromatic N) is 5. The van der Waals surface area contributed by atoms with Gasteiger partial charge in [0.2, 0.25) is 17.8 Å². The van der Waals surface area contributed by atoms with E-state index >= 15 is 0 Å². The molecule has 2 aromatic heterocycles. The summed E-state index contributed by atoms with van der Waals surface area (Å²) in [5, 5.41) is 6.18. The Morgan fingerprint density at radius 2 is 2.00 bits per heavy atom. The summed E-state index contributed by atoms with van der Waals surface area (Å²) in [6.07, 6.45) is 5.76. The maximum Gasteiger partial charge on any atom is 0.228 e. The van der Waals surface area contributed by atoms with E-state index < -0.39 is 0 Å². The van der Waals surface area contributed by atoms with Crippen molar-refractivity contribution in [3.05, 3.63) is 24.5 Å². The highest BCUT2D eigenvalue weighted by atomic mass is 16.2. The number of nitrogens with two attached hydrogens (primary N) is 1. The number of amides is 1. The summed E-state index contributed by atoms with van der Waals surface area (Å²) in [6, 6.07) is 3.48. The first-order valence-corrected chi connectivity index (χ1v) is 7.91. The molecular weight excluding hydrogens is 308 g/mol. The molecule has 0 bridgehead atoms. The van der Waals surface area contributed by atoms with Gasteiger partial charge in [-0.1, -0.05) is 0 Å². The molecule has 0 atom stereocenters. The monoisotopic (exact) mass is 328 g/mol. The standard InChI is InChI=1S/C15H20N8O/c16-14-20-11(17-7-3-9-23-8-1-4-13(23)24)10-12(21-14)22-15-18-5-2-6-19-15/h2,5-6,10H,1,3-4,7-9H2,(H4,16,17,18,19,20,21,22). The summed E-state index contributed by atoms with van der Waals surface area (Å²) >= 11 is 0. The SMILES string of the molecule is Nc1nc(NCCCN2CCCC2=O)cc(Nc2ncccn2)n1. The lowest BCUT2D eigenvalue weighted by atomic mass is 10.3. The number of carbonyl (C=O) groups is 1. The average Bonchev–Trinajstić information content (AvgIpc) is 2.97. The molecule has 2 aromatic rings. The Morgan fingerprint density at radius 3 is 2.75 bits per heavy atom. The number of carbonyl (C=O) groups excluding carboxylic acids is 1. The zero-order valence-electron chi connectivity index (χ0n) is 13.3. The molecule has 3 heterocycles. The molecule has 1 fully saturated rings. The van der Waals surface area contributed by atoms with Gasteiger partial charge >= 0.3 is 0 Å². The molecule has 126 valence electrons. The van der Waals surface area contributed by atoms with Crippen LogP contribution in [0.1, 0.15) is 19.3 Å². The minimum atomic E-state index is 0.160. The number of nitrogen functional groups attached to an aromatic ring is 1. The van der Waals surface area contributed by atoms with Crippen molar-refractivity contribution in [2.24, 2.45) is 0 Å². The summed E-state index contributed by atoms with van der Waals surface area (Å²) in [5.41, 5.74) is 5.74. The fraction of sp³-hybridized carbons (Fsp3) is 0.400. The van der Waals surface area contributed by atoms with E-state index in [4.69, 9.17) is 5.73 Å². The van der Waals surface area contributed by atoms with Crippen LogP contribution in [0, 0.1) is 0 Å². The Balaban J connectivity index is 1.52. The van der Waals surface area contributed by atoms with Crippen molar-refractivity contribution in [2.45, 2.75) is 19.3 Å². The van der Waals surface area contributed by atoms with E-state index in [0.29, 0.717) is 30.5 Å². The minimum Gasteiger partial charge on any atom is -0.370 e. The van der Waals surface area contributed by atoms with Gasteiger partial charge in [0.05, 0.1) is 0 Å². The predicted octanol–water partition coefficient (Wildman–Crippen LogP) is 1.02. The minimum absolute atomic E-state index is 0.160. The molecule has 1 saturated heterocycles. The maximum atomic E-state index is 11.5. The van der Waals surface area contributed by atoms with Gasteiger partial charge in [0.15, 0.2) is 0 Å². The second kappa shape index (κ2) is 7.53. The van der Waals surface area contributed by atoms with Gasteiger partial charge in [0, 0.05) is 44.5 Å². The number of nitrogens with one attached hydrogen (secondary N) is 2. The molecule has 0 unspecified atom stereocenters. The quantitative estimate of drug-likeness (QED) is 0.644. The molecule has 1 aliphatic rings. The number of hydrogen-bond acceptors (Lipinski definition) is 8. The van der Waals surface area contributed by atoms with Crippen LogP contribution >= 0.6 is 0 Å². The fourth-order valence-corrected chi connectivity index (χ4v) is 2.53. The highest BCUT2D eigenvalue weighted by Gasteiger charge is 2.18. The molecule has 9 nitrogen and oxygen atoms in total. The molecule has 0 saturated carbocycles. The fourth-order valence-electron chi connectivity index (χ4n) is 2.53. The second-order valence-electron chi connectivity index (χ2n) is 5.46. The third-order valence-corrected chi connectivity index (χ3v) is 3.63. The van der Waals surface area contributed by atoms with Crippen molar-refractivity contribution < 1.29 is 4.79 Å². The Morgan fingerprint density at radius 1 is 1.21 bits per heavy atom. The van der Waals surface area contributed by atoms with Gasteiger partial charge in [0.25, 0.3) is 0 Å². The zero-order chi connectivity index (χ0) is 16.8. The predicted molar refractivity (Wildman–Crippen MR) is 90.7 cm³/mol. The van der Waals surface area contributed by atoms with Crippen molar-refractivity contribution in [2.75, 3.05) is 36.0 Å². The van der Waals surface area contributed by atoms with E-state index in [0.717, 1.165) is 25.9 Å². The van der Waals surface area contributed by atoms with Crippen LogP contribution in [-0.2, 0) is 4.79 Å². The van der Waals surface area contributed by atoms with E-state index in [1.807, 2.05) is 4.90 Å². The number of aromatic nitrogens is 4. The van der Waals surface area contributed by atoms with Gasteiger partial charge in [-0.3, -0.25) is 4.79 Å². The Kier molecular flexibility index (Phi) is 4.99. The Bertz CT molecular complexity index is 693. The summed E-state index contributed by atoms with van der Waals surface area (Å²) in [4.78, 5) is 29.9. The normalized spacial score (nSPS) is 14.0. The lowest BCUT2D eigenvalue weighted by Crippen LogP contribution is -2.27. The first-order valence-electron chi connectivity index (χ1n) is 7.91. The molecule has 0 aliphatic carbocycles. The first kappa shape index (κ1) is 15.9. The molecule has 24 heavy (non-hydrogen) atoms. The summed E-state index contributed by atoms with van der Waals surface area (Å²) in [7, 11) is 0. The molecule has 9 heteroatoms. The van der Waals surface area contributed by atoms with E-state index in [2.05, 4.69) is 30.6 Å². The number of rotatable bonds is 7. The van der Waals surface area contributed by atoms with Crippen LogP contribution in [0.3, 0.4) is 0 Å². The van der Waals surface area contributed by atoms with Gasteiger partial charge in [-0.25, -0.2) is 9.97 Å². The van der Waals surface area contributed by atoms with Crippen molar-refractivity contribution in [1.29, 1.82) is 0 Å². The molecule has 0 aromatic carbocycles. The summed E-state index contributed by atoms with van der Waals surface area (Å²) in [6.45, 7) is 2.32. The van der Waals surface area contributed by atoms with Crippen LogP contribution < -0.4 is 16.4 Å². The van der Waals surface area contributed by atoms with Gasteiger partial charge in [0.1, 0.15) is 11.6 Å². The smallest absolute Gasteiger partial charge is 0.228 e. The highest BCUT2D eigenvalue weighted by molar-refractivity contribution is 5.78. The van der Waals surface area contributed by atoms with Gasteiger partial charge in [-0.2, -0.15) is 9.97 Å². The molecule has 3 rings (SSSR count). The van der Waals surface area contributed by atoms with Crippen molar-refractivity contribution in [1.82, 2.24) is 24.8 Å². The molecular formula is C15H20N8O. The van der Waals surface area contributed by atoms with E-state index in [9.17, 15) is 4.79 Å². The Labute approximate surface area is 139 Å². The van der Waals surface area contributed by atoms with E-state index in [1.54, 1.807) is 24.5 Å². The lowest BCUT2D eigenvalue weighted by molar-refractivity contribution is -0.127. The van der Waals surface area contributed by atoms with E-state index in [-0.39, 0.29) is 11.9 Å². The first-order chi connectivity index (χ1) is 11.7. The van der Waals surface area contributed by atoms with E-state index in [1.165, 1.54) is 0 Å². The number of hydrogen-bond donors (Lipinski definition) is 3. The van der Waals surface area contributed by atoms with Crippen LogP contribution in [0.25, 0.3) is 0 Å². The Hall–Kier alpha value is -2.97. The molecule has 0 radical (unpaired) electrons. The highest BCUT2D eigenvalue weighted by Crippen LogP contribution is 2.15. The van der Waals surface area contributed by atoms with Gasteiger partial charge in [-0.15, -0.1) is 0 Å². The van der Waals surface area contributed by atoms with Crippen LogP contribution in [0.4, 0.5) is 23.5 Å². The largest absolute Gasteiger partial charge is 0.370 e. The topological polar surface area (TPSA) is 122 Å². The zero-order valence-corrected chi connectivity index (χ0v) is 13.3. The van der Waals surface area contributed by atoms with Gasteiger partial charge in [-0.05, 0) is 18.9 Å². The molecule has 1 aliphatic heterocycles. The van der Waals surface area contributed by atoms with Crippen molar-refractivity contribution in [3.63, 3.8) is 0 Å². The third-order valence-electron chi connectivity index (χ3n) is 3.63. The lowest BCUT2D eigenvalue weighted by Gasteiger charge is -2.15. The summed E-state index contributed by atoms with van der Waals surface area (Å²) in [5.74, 6) is 1.98. The number of anilines is 4. The number of likely N-dealkylation sites (tertiary alicyclic amines) is 1. The molecule has 0 spiro atoms. The summed E-state index contributed by atoms with van der Waals surface area (Å²) < 4.78 is 0. The van der Waals surface area contributed by atoms with Crippen molar-refractivity contribution >= 4 is 29.4 Å².